The average Bonchev–Trinajstić information content (AvgIpc) is 2.54. The lowest BCUT2D eigenvalue weighted by Gasteiger charge is -2.29. The molecule has 0 radical (unpaired) electrons. The summed E-state index contributed by atoms with van der Waals surface area (Å²) < 4.78 is 11.1. The van der Waals surface area contributed by atoms with E-state index in [9.17, 15) is 0 Å². The Morgan fingerprint density at radius 3 is 2.81 bits per heavy atom. The molecule has 21 heavy (non-hydrogen) atoms. The number of nitrogens with one attached hydrogen (secondary N) is 1. The Kier molecular flexibility index (Phi) is 4.11. The number of para-hydroxylation sites is 1. The van der Waals surface area contributed by atoms with Crippen LogP contribution in [0.25, 0.3) is 0 Å². The van der Waals surface area contributed by atoms with Crippen molar-refractivity contribution in [1.29, 1.82) is 0 Å². The lowest BCUT2D eigenvalue weighted by molar-refractivity contribution is 0.333. The van der Waals surface area contributed by atoms with E-state index in [2.05, 4.69) is 29.6 Å². The average molecular weight is 283 g/mol. The van der Waals surface area contributed by atoms with E-state index >= 15 is 0 Å². The molecule has 0 amide bonds. The first-order valence-electron chi connectivity index (χ1n) is 7.45. The molecule has 3 heteroatoms. The monoisotopic (exact) mass is 283 g/mol. The molecule has 110 valence electrons. The van der Waals surface area contributed by atoms with Gasteiger partial charge < -0.3 is 14.8 Å². The Morgan fingerprint density at radius 1 is 1.14 bits per heavy atom. The van der Waals surface area contributed by atoms with Crippen LogP contribution < -0.4 is 14.8 Å². The van der Waals surface area contributed by atoms with Crippen molar-refractivity contribution in [3.05, 3.63) is 59.2 Å². The van der Waals surface area contributed by atoms with E-state index in [4.69, 9.17) is 9.47 Å². The van der Waals surface area contributed by atoms with Crippen LogP contribution in [0.15, 0.2) is 42.5 Å². The predicted octanol–water partition coefficient (Wildman–Crippen LogP) is 3.33. The lowest BCUT2D eigenvalue weighted by atomic mass is 9.89. The fourth-order valence-electron chi connectivity index (χ4n) is 2.95. The number of benzene rings is 2. The van der Waals surface area contributed by atoms with Gasteiger partial charge in [-0.15, -0.1) is 0 Å². The molecule has 1 unspecified atom stereocenters. The highest BCUT2D eigenvalue weighted by molar-refractivity contribution is 5.47. The van der Waals surface area contributed by atoms with Gasteiger partial charge in [0.15, 0.2) is 0 Å². The van der Waals surface area contributed by atoms with Gasteiger partial charge in [0.25, 0.3) is 0 Å². The van der Waals surface area contributed by atoms with Gasteiger partial charge in [-0.05, 0) is 42.7 Å². The molecule has 0 saturated heterocycles. The molecule has 2 aromatic carbocycles. The van der Waals surface area contributed by atoms with E-state index in [1.165, 1.54) is 16.7 Å². The highest BCUT2D eigenvalue weighted by Gasteiger charge is 2.24. The molecular weight excluding hydrogens is 262 g/mol. The minimum atomic E-state index is 0.183. The highest BCUT2D eigenvalue weighted by atomic mass is 16.5. The van der Waals surface area contributed by atoms with Gasteiger partial charge in [-0.25, -0.2) is 0 Å². The van der Waals surface area contributed by atoms with Crippen LogP contribution in [0.3, 0.4) is 0 Å². The topological polar surface area (TPSA) is 30.5 Å². The molecule has 0 aliphatic carbocycles. The van der Waals surface area contributed by atoms with Gasteiger partial charge in [-0.2, -0.15) is 0 Å². The number of methoxy groups -OCH3 is 1. The van der Waals surface area contributed by atoms with E-state index in [0.717, 1.165) is 24.5 Å². The summed E-state index contributed by atoms with van der Waals surface area (Å²) in [5.74, 6) is 1.88. The van der Waals surface area contributed by atoms with Crippen molar-refractivity contribution in [2.24, 2.45) is 0 Å². The van der Waals surface area contributed by atoms with Crippen molar-refractivity contribution in [1.82, 2.24) is 5.32 Å². The largest absolute Gasteiger partial charge is 0.497 e. The van der Waals surface area contributed by atoms with Gasteiger partial charge in [-0.1, -0.05) is 24.3 Å². The van der Waals surface area contributed by atoms with Crippen molar-refractivity contribution >= 4 is 0 Å². The van der Waals surface area contributed by atoms with Gasteiger partial charge in [0.2, 0.25) is 0 Å². The Hall–Kier alpha value is -2.00. The molecule has 0 fully saturated rings. The summed E-state index contributed by atoms with van der Waals surface area (Å²) in [5, 5.41) is 3.61. The Balaban J connectivity index is 2.02. The molecule has 0 bridgehead atoms. The third kappa shape index (κ3) is 2.74. The van der Waals surface area contributed by atoms with Crippen LogP contribution in [-0.2, 0) is 6.42 Å². The van der Waals surface area contributed by atoms with E-state index in [0.29, 0.717) is 6.61 Å². The van der Waals surface area contributed by atoms with Gasteiger partial charge in [0.1, 0.15) is 11.5 Å². The maximum atomic E-state index is 5.79. The molecule has 2 aromatic rings. The molecule has 1 aliphatic rings. The first kappa shape index (κ1) is 14.0. The fourth-order valence-corrected chi connectivity index (χ4v) is 2.95. The van der Waals surface area contributed by atoms with E-state index in [-0.39, 0.29) is 6.04 Å². The van der Waals surface area contributed by atoms with Crippen LogP contribution in [0.5, 0.6) is 11.5 Å². The number of fused-ring (bicyclic) bond motifs is 1. The van der Waals surface area contributed by atoms with Gasteiger partial charge in [0, 0.05) is 12.1 Å². The van der Waals surface area contributed by atoms with Crippen molar-refractivity contribution < 1.29 is 9.47 Å². The zero-order valence-electron chi connectivity index (χ0n) is 12.6. The summed E-state index contributed by atoms with van der Waals surface area (Å²) in [4.78, 5) is 0. The summed E-state index contributed by atoms with van der Waals surface area (Å²) >= 11 is 0. The zero-order valence-corrected chi connectivity index (χ0v) is 12.6. The summed E-state index contributed by atoms with van der Waals surface area (Å²) in [7, 11) is 1.71. The van der Waals surface area contributed by atoms with Crippen LogP contribution in [0.2, 0.25) is 0 Å². The molecule has 1 N–H and O–H groups in total. The minimum Gasteiger partial charge on any atom is -0.497 e. The van der Waals surface area contributed by atoms with Crippen LogP contribution in [0.4, 0.5) is 0 Å². The third-order valence-electron chi connectivity index (χ3n) is 3.93. The fraction of sp³-hybridized carbons (Fsp3) is 0.333. The Bertz CT molecular complexity index is 624. The third-order valence-corrected chi connectivity index (χ3v) is 3.93. The van der Waals surface area contributed by atoms with E-state index in [1.54, 1.807) is 7.11 Å². The second-order valence-corrected chi connectivity index (χ2v) is 5.17. The highest BCUT2D eigenvalue weighted by Crippen LogP contribution is 2.35. The molecule has 0 aromatic heterocycles. The quantitative estimate of drug-likeness (QED) is 0.933. The SMILES string of the molecule is CCOc1ccccc1C1NCCc2cc(OC)ccc21. The Labute approximate surface area is 125 Å². The first-order valence-corrected chi connectivity index (χ1v) is 7.45. The lowest BCUT2D eigenvalue weighted by Crippen LogP contribution is -2.30. The minimum absolute atomic E-state index is 0.183. The molecule has 3 nitrogen and oxygen atoms in total. The summed E-state index contributed by atoms with van der Waals surface area (Å²) in [6, 6.07) is 14.8. The van der Waals surface area contributed by atoms with Crippen LogP contribution in [0.1, 0.15) is 29.7 Å². The van der Waals surface area contributed by atoms with Crippen LogP contribution >= 0.6 is 0 Å². The van der Waals surface area contributed by atoms with Crippen LogP contribution in [0, 0.1) is 0 Å². The maximum absolute atomic E-state index is 5.79. The number of rotatable bonds is 4. The molecule has 1 heterocycles. The first-order chi connectivity index (χ1) is 10.3. The number of hydrogen-bond acceptors (Lipinski definition) is 3. The molecule has 1 atom stereocenters. The second-order valence-electron chi connectivity index (χ2n) is 5.17. The van der Waals surface area contributed by atoms with Crippen molar-refractivity contribution in [3.8, 4) is 11.5 Å². The van der Waals surface area contributed by atoms with Crippen molar-refractivity contribution in [3.63, 3.8) is 0 Å². The van der Waals surface area contributed by atoms with Crippen molar-refractivity contribution in [2.45, 2.75) is 19.4 Å². The molecule has 0 spiro atoms. The van der Waals surface area contributed by atoms with Gasteiger partial charge in [-0.3, -0.25) is 0 Å². The maximum Gasteiger partial charge on any atom is 0.124 e. The van der Waals surface area contributed by atoms with E-state index in [1.807, 2.05) is 25.1 Å². The molecule has 1 aliphatic heterocycles. The van der Waals surface area contributed by atoms with Gasteiger partial charge in [0.05, 0.1) is 19.8 Å². The second kappa shape index (κ2) is 6.19. The summed E-state index contributed by atoms with van der Waals surface area (Å²) in [6.07, 6.45) is 1.03. The Morgan fingerprint density at radius 2 is 2.00 bits per heavy atom. The normalized spacial score (nSPS) is 17.1. The zero-order chi connectivity index (χ0) is 14.7. The molecular formula is C18H21NO2. The number of hydrogen-bond donors (Lipinski definition) is 1. The summed E-state index contributed by atoms with van der Waals surface area (Å²) in [5.41, 5.74) is 3.86. The predicted molar refractivity (Wildman–Crippen MR) is 84.2 cm³/mol. The number of ether oxygens (including phenoxy) is 2. The molecule has 0 saturated carbocycles. The summed E-state index contributed by atoms with van der Waals surface area (Å²) in [6.45, 7) is 3.66. The van der Waals surface area contributed by atoms with Crippen molar-refractivity contribution in [2.75, 3.05) is 20.3 Å². The van der Waals surface area contributed by atoms with Gasteiger partial charge >= 0.3 is 0 Å². The molecule has 3 rings (SSSR count). The smallest absolute Gasteiger partial charge is 0.124 e. The van der Waals surface area contributed by atoms with E-state index < -0.39 is 0 Å². The van der Waals surface area contributed by atoms with Crippen LogP contribution in [-0.4, -0.2) is 20.3 Å². The standard InChI is InChI=1S/C18H21NO2/c1-3-21-17-7-5-4-6-16(17)18-15-9-8-14(20-2)12-13(15)10-11-19-18/h4-9,12,18-19H,3,10-11H2,1-2H3.